The van der Waals surface area contributed by atoms with Crippen LogP contribution in [0, 0.1) is 10.6 Å². The van der Waals surface area contributed by atoms with Crippen LogP contribution in [0.5, 0.6) is 0 Å². The Hall–Kier alpha value is -0.810. The Kier molecular flexibility index (Phi) is 3.43. The molecule has 5 heteroatoms. The summed E-state index contributed by atoms with van der Waals surface area (Å²) < 4.78 is 16.0. The molecule has 1 N–H and O–H groups in total. The maximum atomic E-state index is 13.2. The van der Waals surface area contributed by atoms with E-state index in [0.29, 0.717) is 10.0 Å². The van der Waals surface area contributed by atoms with Crippen LogP contribution in [0.2, 0.25) is 0 Å². The van der Waals surface area contributed by atoms with Crippen LogP contribution >= 0.6 is 24.0 Å². The monoisotopic (exact) mass is 282 g/mol. The Morgan fingerprint density at radius 1 is 1.44 bits per heavy atom. The second-order valence-corrected chi connectivity index (χ2v) is 6.49. The lowest BCUT2D eigenvalue weighted by atomic mass is 10.2. The van der Waals surface area contributed by atoms with Crippen molar-refractivity contribution >= 4 is 35.0 Å². The summed E-state index contributed by atoms with van der Waals surface area (Å²) in [6, 6.07) is 4.82. The third-order valence-electron chi connectivity index (χ3n) is 3.40. The first-order chi connectivity index (χ1) is 8.74. The van der Waals surface area contributed by atoms with E-state index in [-0.39, 0.29) is 5.82 Å². The number of halogens is 1. The number of H-pyrrole nitrogens is 1. The summed E-state index contributed by atoms with van der Waals surface area (Å²) in [6.45, 7) is 0.926. The average Bonchev–Trinajstić information content (AvgIpc) is 2.66. The molecule has 1 aliphatic heterocycles. The third kappa shape index (κ3) is 2.34. The summed E-state index contributed by atoms with van der Waals surface area (Å²) in [5.74, 6) is 1.02. The molecule has 3 rings (SSSR count). The molecule has 2 aromatic rings. The van der Waals surface area contributed by atoms with Crippen LogP contribution < -0.4 is 0 Å². The number of thioether (sulfide) groups is 1. The zero-order valence-corrected chi connectivity index (χ0v) is 11.6. The second kappa shape index (κ2) is 5.05. The standard InChI is InChI=1S/C13H15FN2S2/c14-9-4-5-12-11(7-9)15-13(17)16(12)8-10-3-1-2-6-18-10/h4-5,7,10H,1-3,6,8H2,(H,15,17). The Bertz CT molecular complexity index is 611. The van der Waals surface area contributed by atoms with Gasteiger partial charge in [0.1, 0.15) is 5.82 Å². The molecular weight excluding hydrogens is 267 g/mol. The molecule has 0 spiro atoms. The van der Waals surface area contributed by atoms with Crippen LogP contribution in [0.4, 0.5) is 4.39 Å². The minimum atomic E-state index is -0.224. The molecule has 1 aromatic carbocycles. The first-order valence-electron chi connectivity index (χ1n) is 6.24. The Balaban J connectivity index is 1.95. The lowest BCUT2D eigenvalue weighted by Crippen LogP contribution is -2.17. The number of hydrogen-bond acceptors (Lipinski definition) is 2. The van der Waals surface area contributed by atoms with Gasteiger partial charge in [0.05, 0.1) is 11.0 Å². The molecule has 96 valence electrons. The third-order valence-corrected chi connectivity index (χ3v) is 5.10. The fourth-order valence-electron chi connectivity index (χ4n) is 2.47. The van der Waals surface area contributed by atoms with Gasteiger partial charge in [-0.25, -0.2) is 4.39 Å². The van der Waals surface area contributed by atoms with Gasteiger partial charge >= 0.3 is 0 Å². The lowest BCUT2D eigenvalue weighted by Gasteiger charge is -2.21. The zero-order valence-electron chi connectivity index (χ0n) is 9.99. The molecule has 1 fully saturated rings. The topological polar surface area (TPSA) is 20.7 Å². The largest absolute Gasteiger partial charge is 0.330 e. The van der Waals surface area contributed by atoms with Crippen molar-refractivity contribution in [1.82, 2.24) is 9.55 Å². The van der Waals surface area contributed by atoms with Crippen LogP contribution in [0.3, 0.4) is 0 Å². The molecule has 0 bridgehead atoms. The highest BCUT2D eigenvalue weighted by Gasteiger charge is 2.16. The van der Waals surface area contributed by atoms with Crippen molar-refractivity contribution in [3.63, 3.8) is 0 Å². The van der Waals surface area contributed by atoms with Gasteiger partial charge in [0.25, 0.3) is 0 Å². The van der Waals surface area contributed by atoms with Crippen LogP contribution in [0.25, 0.3) is 11.0 Å². The van der Waals surface area contributed by atoms with Crippen molar-refractivity contribution < 1.29 is 4.39 Å². The fraction of sp³-hybridized carbons (Fsp3) is 0.462. The van der Waals surface area contributed by atoms with E-state index in [0.717, 1.165) is 17.6 Å². The molecule has 2 nitrogen and oxygen atoms in total. The van der Waals surface area contributed by atoms with Crippen molar-refractivity contribution in [2.75, 3.05) is 5.75 Å². The number of nitrogens with zero attached hydrogens (tertiary/aromatic N) is 1. The first-order valence-corrected chi connectivity index (χ1v) is 7.69. The van der Waals surface area contributed by atoms with E-state index in [1.165, 1.54) is 37.1 Å². The number of rotatable bonds is 2. The molecule has 1 saturated heterocycles. The predicted octanol–water partition coefficient (Wildman–Crippen LogP) is 4.12. The van der Waals surface area contributed by atoms with E-state index in [4.69, 9.17) is 12.2 Å². The van der Waals surface area contributed by atoms with Gasteiger partial charge in [-0.15, -0.1) is 0 Å². The molecule has 1 aromatic heterocycles. The van der Waals surface area contributed by atoms with Crippen LogP contribution in [-0.4, -0.2) is 20.6 Å². The molecule has 1 aliphatic rings. The van der Waals surface area contributed by atoms with Gasteiger partial charge in [0.15, 0.2) is 4.77 Å². The first kappa shape index (κ1) is 12.2. The number of hydrogen-bond donors (Lipinski definition) is 1. The summed E-state index contributed by atoms with van der Waals surface area (Å²) in [7, 11) is 0. The van der Waals surface area contributed by atoms with Crippen molar-refractivity contribution in [3.8, 4) is 0 Å². The smallest absolute Gasteiger partial charge is 0.178 e. The van der Waals surface area contributed by atoms with E-state index < -0.39 is 0 Å². The Morgan fingerprint density at radius 2 is 2.33 bits per heavy atom. The van der Waals surface area contributed by atoms with E-state index in [9.17, 15) is 4.39 Å². The summed E-state index contributed by atoms with van der Waals surface area (Å²) >= 11 is 7.37. The highest BCUT2D eigenvalue weighted by atomic mass is 32.2. The number of fused-ring (bicyclic) bond motifs is 1. The van der Waals surface area contributed by atoms with Crippen molar-refractivity contribution in [2.45, 2.75) is 31.1 Å². The molecule has 1 unspecified atom stereocenters. The summed E-state index contributed by atoms with van der Waals surface area (Å²) in [6.07, 6.45) is 3.88. The van der Waals surface area contributed by atoms with E-state index in [2.05, 4.69) is 9.55 Å². The van der Waals surface area contributed by atoms with Gasteiger partial charge in [-0.1, -0.05) is 6.42 Å². The van der Waals surface area contributed by atoms with E-state index in [1.54, 1.807) is 0 Å². The molecule has 0 amide bonds. The second-order valence-electron chi connectivity index (χ2n) is 4.69. The number of aromatic amines is 1. The highest BCUT2D eigenvalue weighted by molar-refractivity contribution is 7.99. The summed E-state index contributed by atoms with van der Waals surface area (Å²) in [5, 5.41) is 0.634. The van der Waals surface area contributed by atoms with Crippen molar-refractivity contribution in [1.29, 1.82) is 0 Å². The SMILES string of the molecule is Fc1ccc2c(c1)[nH]c(=S)n2CC1CCCCS1. The number of benzene rings is 1. The molecule has 2 heterocycles. The zero-order chi connectivity index (χ0) is 12.5. The molecule has 0 radical (unpaired) electrons. The number of nitrogens with one attached hydrogen (secondary N) is 1. The Labute approximate surface area is 115 Å². The maximum absolute atomic E-state index is 13.2. The van der Waals surface area contributed by atoms with Gasteiger partial charge in [-0.3, -0.25) is 0 Å². The minimum absolute atomic E-state index is 0.224. The van der Waals surface area contributed by atoms with Crippen LogP contribution in [-0.2, 0) is 6.54 Å². The number of aromatic nitrogens is 2. The van der Waals surface area contributed by atoms with Gasteiger partial charge in [-0.05, 0) is 49.0 Å². The summed E-state index contributed by atoms with van der Waals surface area (Å²) in [4.78, 5) is 3.09. The maximum Gasteiger partial charge on any atom is 0.178 e. The van der Waals surface area contributed by atoms with Gasteiger partial charge < -0.3 is 9.55 Å². The van der Waals surface area contributed by atoms with Crippen molar-refractivity contribution in [2.24, 2.45) is 0 Å². The molecule has 18 heavy (non-hydrogen) atoms. The van der Waals surface area contributed by atoms with Gasteiger partial charge in [0.2, 0.25) is 0 Å². The van der Waals surface area contributed by atoms with E-state index >= 15 is 0 Å². The average molecular weight is 282 g/mol. The fourth-order valence-corrected chi connectivity index (χ4v) is 4.05. The van der Waals surface area contributed by atoms with Crippen molar-refractivity contribution in [3.05, 3.63) is 28.8 Å². The number of imidazole rings is 1. The lowest BCUT2D eigenvalue weighted by molar-refractivity contribution is 0.587. The molecule has 1 atom stereocenters. The van der Waals surface area contributed by atoms with E-state index in [1.807, 2.05) is 17.8 Å². The van der Waals surface area contributed by atoms with Crippen LogP contribution in [0.15, 0.2) is 18.2 Å². The predicted molar refractivity (Wildman–Crippen MR) is 77.2 cm³/mol. The van der Waals surface area contributed by atoms with Gasteiger partial charge in [0, 0.05) is 11.8 Å². The van der Waals surface area contributed by atoms with Crippen LogP contribution in [0.1, 0.15) is 19.3 Å². The Morgan fingerprint density at radius 3 is 3.11 bits per heavy atom. The normalized spacial score (nSPS) is 20.4. The molecule has 0 saturated carbocycles. The molecule has 0 aliphatic carbocycles. The molecular formula is C13H15FN2S2. The summed E-state index contributed by atoms with van der Waals surface area (Å²) in [5.41, 5.74) is 1.80. The highest BCUT2D eigenvalue weighted by Crippen LogP contribution is 2.27. The quantitative estimate of drug-likeness (QED) is 0.836. The van der Waals surface area contributed by atoms with Gasteiger partial charge in [-0.2, -0.15) is 11.8 Å². The minimum Gasteiger partial charge on any atom is -0.330 e.